The van der Waals surface area contributed by atoms with E-state index in [1.165, 1.54) is 5.57 Å². The van der Waals surface area contributed by atoms with Crippen LogP contribution in [0.25, 0.3) is 0 Å². The Balaban J connectivity index is 2.34. The lowest BCUT2D eigenvalue weighted by atomic mass is 9.58. The second-order valence-corrected chi connectivity index (χ2v) is 6.83. The van der Waals surface area contributed by atoms with Gasteiger partial charge in [0.25, 0.3) is 0 Å². The van der Waals surface area contributed by atoms with Crippen LogP contribution in [0.2, 0.25) is 0 Å². The molecule has 0 aromatic rings. The molecule has 0 aromatic heterocycles. The van der Waals surface area contributed by atoms with Gasteiger partial charge in [0.2, 0.25) is 0 Å². The van der Waals surface area contributed by atoms with Crippen LogP contribution < -0.4 is 0 Å². The summed E-state index contributed by atoms with van der Waals surface area (Å²) >= 11 is 0. The van der Waals surface area contributed by atoms with Gasteiger partial charge in [-0.15, -0.1) is 0 Å². The van der Waals surface area contributed by atoms with Crippen molar-refractivity contribution in [3.05, 3.63) is 11.6 Å². The summed E-state index contributed by atoms with van der Waals surface area (Å²) in [4.78, 5) is 0. The van der Waals surface area contributed by atoms with Gasteiger partial charge in [0.1, 0.15) is 0 Å². The molecule has 98 valence electrons. The van der Waals surface area contributed by atoms with Crippen LogP contribution >= 0.6 is 0 Å². The molecule has 0 amide bonds. The summed E-state index contributed by atoms with van der Waals surface area (Å²) in [5.74, 6) is 0.784. The van der Waals surface area contributed by atoms with Gasteiger partial charge in [0.15, 0.2) is 0 Å². The standard InChI is InChI=1S/C15H26O2/c1-10-5-6-13(16)15(4)8-7-11(9-12(10)15)14(2,3)17/h9-11,13,16-17H,5-8H2,1-4H3/t10-,11?,13+,15+/m0/s1. The largest absolute Gasteiger partial charge is 0.392 e. The Morgan fingerprint density at radius 1 is 1.29 bits per heavy atom. The number of aliphatic hydroxyl groups is 2. The molecule has 1 unspecified atom stereocenters. The zero-order valence-electron chi connectivity index (χ0n) is 11.5. The lowest BCUT2D eigenvalue weighted by Gasteiger charge is -2.49. The Morgan fingerprint density at radius 3 is 2.53 bits per heavy atom. The van der Waals surface area contributed by atoms with Crippen LogP contribution in [0.4, 0.5) is 0 Å². The Morgan fingerprint density at radius 2 is 1.94 bits per heavy atom. The summed E-state index contributed by atoms with van der Waals surface area (Å²) in [6, 6.07) is 0. The van der Waals surface area contributed by atoms with Crippen molar-refractivity contribution in [2.45, 2.75) is 65.1 Å². The highest BCUT2D eigenvalue weighted by molar-refractivity contribution is 5.26. The van der Waals surface area contributed by atoms with Crippen LogP contribution in [0.1, 0.15) is 53.4 Å². The summed E-state index contributed by atoms with van der Waals surface area (Å²) in [7, 11) is 0. The van der Waals surface area contributed by atoms with Gasteiger partial charge >= 0.3 is 0 Å². The highest BCUT2D eigenvalue weighted by Gasteiger charge is 2.46. The van der Waals surface area contributed by atoms with Crippen molar-refractivity contribution < 1.29 is 10.2 Å². The van der Waals surface area contributed by atoms with Crippen LogP contribution in [0, 0.1) is 17.3 Å². The molecule has 0 heterocycles. The summed E-state index contributed by atoms with van der Waals surface area (Å²) in [6.45, 7) is 8.23. The predicted molar refractivity (Wildman–Crippen MR) is 69.6 cm³/mol. The fraction of sp³-hybridized carbons (Fsp3) is 0.867. The molecule has 1 saturated carbocycles. The summed E-state index contributed by atoms with van der Waals surface area (Å²) < 4.78 is 0. The molecule has 0 spiro atoms. The van der Waals surface area contributed by atoms with E-state index in [2.05, 4.69) is 19.9 Å². The minimum atomic E-state index is -0.642. The third-order valence-electron chi connectivity index (χ3n) is 5.06. The molecule has 4 atom stereocenters. The van der Waals surface area contributed by atoms with Crippen molar-refractivity contribution in [2.75, 3.05) is 0 Å². The molecule has 0 bridgehead atoms. The molecule has 1 fully saturated rings. The van der Waals surface area contributed by atoms with E-state index in [1.807, 2.05) is 13.8 Å². The van der Waals surface area contributed by atoms with E-state index in [9.17, 15) is 10.2 Å². The molecule has 0 aliphatic heterocycles. The van der Waals surface area contributed by atoms with Crippen LogP contribution in [0.5, 0.6) is 0 Å². The Kier molecular flexibility index (Phi) is 3.16. The van der Waals surface area contributed by atoms with Crippen molar-refractivity contribution in [1.29, 1.82) is 0 Å². The quantitative estimate of drug-likeness (QED) is 0.690. The van der Waals surface area contributed by atoms with Gasteiger partial charge in [-0.1, -0.05) is 25.5 Å². The Bertz CT molecular complexity index is 326. The number of hydrogen-bond donors (Lipinski definition) is 2. The second-order valence-electron chi connectivity index (χ2n) is 6.83. The minimum absolute atomic E-state index is 0.0422. The third-order valence-corrected chi connectivity index (χ3v) is 5.06. The SMILES string of the molecule is C[C@H]1CC[C@@H](O)[C@]2(C)CCC(C(C)(C)O)C=C12. The van der Waals surface area contributed by atoms with E-state index in [0.717, 1.165) is 25.7 Å². The van der Waals surface area contributed by atoms with Gasteiger partial charge in [-0.25, -0.2) is 0 Å². The van der Waals surface area contributed by atoms with E-state index in [0.29, 0.717) is 5.92 Å². The first-order valence-corrected chi connectivity index (χ1v) is 6.88. The van der Waals surface area contributed by atoms with E-state index in [1.54, 1.807) is 0 Å². The zero-order valence-corrected chi connectivity index (χ0v) is 11.5. The lowest BCUT2D eigenvalue weighted by Crippen LogP contribution is -2.45. The molecule has 2 nitrogen and oxygen atoms in total. The Labute approximate surface area is 105 Å². The number of rotatable bonds is 1. The second kappa shape index (κ2) is 4.10. The smallest absolute Gasteiger partial charge is 0.0654 e. The zero-order chi connectivity index (χ0) is 12.8. The van der Waals surface area contributed by atoms with E-state index in [4.69, 9.17) is 0 Å². The predicted octanol–water partition coefficient (Wildman–Crippen LogP) is 2.89. The van der Waals surface area contributed by atoms with Crippen molar-refractivity contribution in [2.24, 2.45) is 17.3 Å². The average molecular weight is 238 g/mol. The normalized spacial score (nSPS) is 42.9. The summed E-state index contributed by atoms with van der Waals surface area (Å²) in [6.07, 6.45) is 6.03. The molecule has 0 saturated heterocycles. The maximum Gasteiger partial charge on any atom is 0.0654 e. The molecule has 0 aromatic carbocycles. The first-order valence-electron chi connectivity index (χ1n) is 6.88. The van der Waals surface area contributed by atoms with Gasteiger partial charge in [0, 0.05) is 11.3 Å². The first-order chi connectivity index (χ1) is 7.75. The van der Waals surface area contributed by atoms with Crippen LogP contribution in [0.15, 0.2) is 11.6 Å². The molecular weight excluding hydrogens is 212 g/mol. The Hall–Kier alpha value is -0.340. The highest BCUT2D eigenvalue weighted by Crippen LogP contribution is 2.51. The molecule has 2 aliphatic rings. The number of aliphatic hydroxyl groups excluding tert-OH is 1. The van der Waals surface area contributed by atoms with E-state index in [-0.39, 0.29) is 17.4 Å². The van der Waals surface area contributed by atoms with Crippen LogP contribution in [-0.2, 0) is 0 Å². The van der Waals surface area contributed by atoms with Gasteiger partial charge in [0.05, 0.1) is 11.7 Å². The molecule has 2 N–H and O–H groups in total. The molecular formula is C15H26O2. The van der Waals surface area contributed by atoms with Gasteiger partial charge < -0.3 is 10.2 Å². The maximum absolute atomic E-state index is 10.3. The van der Waals surface area contributed by atoms with Gasteiger partial charge in [-0.2, -0.15) is 0 Å². The van der Waals surface area contributed by atoms with Crippen molar-refractivity contribution in [1.82, 2.24) is 0 Å². The van der Waals surface area contributed by atoms with Crippen molar-refractivity contribution in [3.8, 4) is 0 Å². The molecule has 17 heavy (non-hydrogen) atoms. The topological polar surface area (TPSA) is 40.5 Å². The van der Waals surface area contributed by atoms with Crippen molar-refractivity contribution in [3.63, 3.8) is 0 Å². The van der Waals surface area contributed by atoms with Gasteiger partial charge in [-0.05, 0) is 45.4 Å². The summed E-state index contributed by atoms with van der Waals surface area (Å²) in [5.41, 5.74) is 0.699. The molecule has 0 radical (unpaired) electrons. The van der Waals surface area contributed by atoms with E-state index >= 15 is 0 Å². The lowest BCUT2D eigenvalue weighted by molar-refractivity contribution is -0.0157. The number of hydrogen-bond acceptors (Lipinski definition) is 2. The van der Waals surface area contributed by atoms with E-state index < -0.39 is 5.60 Å². The van der Waals surface area contributed by atoms with Crippen molar-refractivity contribution >= 4 is 0 Å². The highest BCUT2D eigenvalue weighted by atomic mass is 16.3. The monoisotopic (exact) mass is 238 g/mol. The number of fused-ring (bicyclic) bond motifs is 1. The maximum atomic E-state index is 10.3. The average Bonchev–Trinajstić information content (AvgIpc) is 2.22. The van der Waals surface area contributed by atoms with Gasteiger partial charge in [-0.3, -0.25) is 0 Å². The molecule has 2 aliphatic carbocycles. The first kappa shape index (κ1) is 13.1. The fourth-order valence-electron chi connectivity index (χ4n) is 3.62. The molecule has 2 heteroatoms. The van der Waals surface area contributed by atoms with Crippen LogP contribution in [0.3, 0.4) is 0 Å². The van der Waals surface area contributed by atoms with Crippen LogP contribution in [-0.4, -0.2) is 21.9 Å². The summed E-state index contributed by atoms with van der Waals surface area (Å²) in [5, 5.41) is 20.4. The fourth-order valence-corrected chi connectivity index (χ4v) is 3.62. The third kappa shape index (κ3) is 2.17. The minimum Gasteiger partial charge on any atom is -0.392 e. The molecule has 2 rings (SSSR count).